The molecule has 9 heteroatoms. The highest BCUT2D eigenvalue weighted by molar-refractivity contribution is 6.18. The van der Waals surface area contributed by atoms with E-state index in [2.05, 4.69) is 16.8 Å². The third-order valence-corrected chi connectivity index (χ3v) is 3.12. The molecule has 0 heterocycles. The summed E-state index contributed by atoms with van der Waals surface area (Å²) in [6.45, 7) is 1.45. The zero-order valence-corrected chi connectivity index (χ0v) is 14.9. The predicted octanol–water partition coefficient (Wildman–Crippen LogP) is 2.48. The molecule has 0 saturated heterocycles. The second-order valence-electron chi connectivity index (χ2n) is 4.18. The van der Waals surface area contributed by atoms with Crippen molar-refractivity contribution in [3.05, 3.63) is 29.8 Å². The van der Waals surface area contributed by atoms with Crippen LogP contribution in [0.15, 0.2) is 24.3 Å². The normalized spacial score (nSPS) is 10.8. The van der Waals surface area contributed by atoms with Gasteiger partial charge in [-0.15, -0.1) is 35.6 Å². The average Bonchev–Trinajstić information content (AvgIpc) is 2.50. The number of rotatable bonds is 8. The van der Waals surface area contributed by atoms with Gasteiger partial charge in [-0.1, -0.05) is 12.1 Å². The van der Waals surface area contributed by atoms with Gasteiger partial charge in [0.15, 0.2) is 0 Å². The van der Waals surface area contributed by atoms with E-state index in [9.17, 15) is 4.79 Å². The van der Waals surface area contributed by atoms with E-state index in [-0.39, 0.29) is 12.4 Å². The van der Waals surface area contributed by atoms with Gasteiger partial charge in [0, 0.05) is 30.5 Å². The second kappa shape index (κ2) is 14.2. The first-order valence-electron chi connectivity index (χ1n) is 6.19. The van der Waals surface area contributed by atoms with Crippen molar-refractivity contribution < 1.29 is 14.6 Å². The highest BCUT2D eigenvalue weighted by atomic mass is 35.5. The first-order valence-corrected chi connectivity index (χ1v) is 7.60. The van der Waals surface area contributed by atoms with Crippen LogP contribution >= 0.6 is 47.5 Å². The Labute approximate surface area is 151 Å². The molecule has 1 rings (SSSR count). The van der Waals surface area contributed by atoms with Crippen molar-refractivity contribution in [3.63, 3.8) is 0 Å². The number of nitrogens with two attached hydrogens (primary N) is 1. The van der Waals surface area contributed by atoms with E-state index in [1.165, 1.54) is 0 Å². The third-order valence-electron chi connectivity index (χ3n) is 2.78. The molecule has 0 aliphatic carbocycles. The minimum atomic E-state index is -0.991. The fourth-order valence-corrected chi connectivity index (χ4v) is 2.17. The van der Waals surface area contributed by atoms with Crippen molar-refractivity contribution in [1.29, 1.82) is 0 Å². The van der Waals surface area contributed by atoms with Gasteiger partial charge >= 0.3 is 5.97 Å². The van der Waals surface area contributed by atoms with Crippen LogP contribution in [0.5, 0.6) is 0 Å². The molecule has 0 spiro atoms. The summed E-state index contributed by atoms with van der Waals surface area (Å²) in [5.41, 5.74) is 7.42. The molecule has 128 valence electrons. The maximum absolute atomic E-state index is 10.7. The van der Waals surface area contributed by atoms with E-state index >= 15 is 0 Å². The number of carboxylic acid groups (broad SMARTS) is 1. The van der Waals surface area contributed by atoms with Crippen LogP contribution in [0.2, 0.25) is 0 Å². The van der Waals surface area contributed by atoms with Gasteiger partial charge in [-0.3, -0.25) is 9.45 Å². The molecule has 1 aromatic rings. The quantitative estimate of drug-likeness (QED) is 0.590. The van der Waals surface area contributed by atoms with E-state index in [1.807, 2.05) is 24.3 Å². The number of benzene rings is 1. The van der Waals surface area contributed by atoms with Crippen molar-refractivity contribution in [1.82, 2.24) is 0 Å². The molecule has 1 aromatic carbocycles. The lowest BCUT2D eigenvalue weighted by Gasteiger charge is -2.23. The summed E-state index contributed by atoms with van der Waals surface area (Å²) in [7, 11) is 0. The van der Waals surface area contributed by atoms with Gasteiger partial charge < -0.3 is 15.7 Å². The average molecular weight is 394 g/mol. The van der Waals surface area contributed by atoms with Crippen molar-refractivity contribution in [2.75, 3.05) is 29.7 Å². The monoisotopic (exact) mass is 392 g/mol. The summed E-state index contributed by atoms with van der Waals surface area (Å²) in [5, 5.41) is 8.76. The fourth-order valence-electron chi connectivity index (χ4n) is 1.76. The highest BCUT2D eigenvalue weighted by Crippen LogP contribution is 2.16. The zero-order chi connectivity index (χ0) is 16.3. The van der Waals surface area contributed by atoms with Crippen LogP contribution in [-0.4, -0.2) is 46.6 Å². The number of carboxylic acids is 1. The van der Waals surface area contributed by atoms with Gasteiger partial charge in [0.1, 0.15) is 6.04 Å². The van der Waals surface area contributed by atoms with E-state index in [4.69, 9.17) is 38.7 Å². The minimum absolute atomic E-state index is 0. The molecule has 0 aliphatic rings. The molecule has 0 fully saturated rings. The molecule has 0 bridgehead atoms. The Morgan fingerprint density at radius 2 is 1.59 bits per heavy atom. The van der Waals surface area contributed by atoms with Gasteiger partial charge in [-0.05, 0) is 24.1 Å². The summed E-state index contributed by atoms with van der Waals surface area (Å²) in [5.74, 6) is 0.0698. The lowest BCUT2D eigenvalue weighted by Crippen LogP contribution is -2.32. The van der Waals surface area contributed by atoms with Crippen LogP contribution in [0.1, 0.15) is 5.56 Å². The molecule has 0 aliphatic heterocycles. The molecule has 0 saturated carbocycles. The molecular formula is C13H20Cl4N2O3. The Balaban J connectivity index is 0. The summed E-state index contributed by atoms with van der Waals surface area (Å²) >= 11 is 15.1. The summed E-state index contributed by atoms with van der Waals surface area (Å²) in [4.78, 5) is 12.8. The van der Waals surface area contributed by atoms with E-state index < -0.39 is 12.0 Å². The molecular weight excluding hydrogens is 374 g/mol. The number of halogens is 4. The Morgan fingerprint density at radius 3 is 1.95 bits per heavy atom. The summed E-state index contributed by atoms with van der Waals surface area (Å²) < 4.78 is 6.47. The Bertz CT molecular complexity index is 401. The molecule has 1 atom stereocenters. The van der Waals surface area contributed by atoms with Gasteiger partial charge in [-0.25, -0.2) is 0 Å². The molecule has 22 heavy (non-hydrogen) atoms. The number of alkyl halides is 2. The number of carbonyl (C=O) groups is 1. The Hall–Kier alpha value is -0.430. The summed E-state index contributed by atoms with van der Waals surface area (Å²) in [6, 6.07) is 6.76. The number of aliphatic carboxylic acids is 1. The SMILES string of the molecule is Cl.NC(Cc1ccc(N(CCCl)CCCl)cc1)C(=O)O.OCl. The fraction of sp³-hybridized carbons (Fsp3) is 0.462. The smallest absolute Gasteiger partial charge is 0.320 e. The molecule has 4 N–H and O–H groups in total. The first-order chi connectivity index (χ1) is 10.1. The Kier molecular flexibility index (Phi) is 15.4. The van der Waals surface area contributed by atoms with Crippen LogP contribution in [0.4, 0.5) is 5.69 Å². The molecule has 1 unspecified atom stereocenters. The van der Waals surface area contributed by atoms with Gasteiger partial charge in [0.2, 0.25) is 0 Å². The van der Waals surface area contributed by atoms with Crippen LogP contribution in [-0.2, 0) is 11.2 Å². The van der Waals surface area contributed by atoms with E-state index in [0.29, 0.717) is 18.2 Å². The molecule has 0 radical (unpaired) electrons. The highest BCUT2D eigenvalue weighted by Gasteiger charge is 2.12. The predicted molar refractivity (Wildman–Crippen MR) is 94.7 cm³/mol. The van der Waals surface area contributed by atoms with Crippen molar-refractivity contribution in [3.8, 4) is 0 Å². The first kappa shape index (κ1) is 23.8. The van der Waals surface area contributed by atoms with Crippen molar-refractivity contribution in [2.45, 2.75) is 12.5 Å². The minimum Gasteiger partial charge on any atom is -0.480 e. The molecule has 5 nitrogen and oxygen atoms in total. The van der Waals surface area contributed by atoms with Gasteiger partial charge in [-0.2, -0.15) is 0 Å². The number of anilines is 1. The Morgan fingerprint density at radius 1 is 1.14 bits per heavy atom. The zero-order valence-electron chi connectivity index (χ0n) is 11.8. The number of hydrogen-bond acceptors (Lipinski definition) is 4. The standard InChI is InChI=1S/C13H18Cl2N2O2.ClHO.ClH/c14-5-7-17(8-6-15)11-3-1-10(2-4-11)9-12(16)13(18)19;1-2;/h1-4,12H,5-9,16H2,(H,18,19);2H;1H. The third kappa shape index (κ3) is 8.88. The topological polar surface area (TPSA) is 86.8 Å². The van der Waals surface area contributed by atoms with Crippen LogP contribution < -0.4 is 10.6 Å². The summed E-state index contributed by atoms with van der Waals surface area (Å²) in [6.07, 6.45) is 0.320. The molecule has 0 amide bonds. The van der Waals surface area contributed by atoms with Crippen molar-refractivity contribution >= 4 is 59.1 Å². The second-order valence-corrected chi connectivity index (χ2v) is 4.94. The number of hydrogen-bond donors (Lipinski definition) is 3. The van der Waals surface area contributed by atoms with Crippen LogP contribution in [0.3, 0.4) is 0 Å². The van der Waals surface area contributed by atoms with E-state index in [1.54, 1.807) is 0 Å². The largest absolute Gasteiger partial charge is 0.480 e. The van der Waals surface area contributed by atoms with Gasteiger partial charge in [0.05, 0.1) is 11.9 Å². The van der Waals surface area contributed by atoms with Crippen LogP contribution in [0, 0.1) is 0 Å². The lowest BCUT2D eigenvalue weighted by molar-refractivity contribution is -0.138. The van der Waals surface area contributed by atoms with Crippen LogP contribution in [0.25, 0.3) is 0 Å². The maximum atomic E-state index is 10.7. The maximum Gasteiger partial charge on any atom is 0.320 e. The lowest BCUT2D eigenvalue weighted by atomic mass is 10.1. The molecule has 0 aromatic heterocycles. The van der Waals surface area contributed by atoms with Gasteiger partial charge in [0.25, 0.3) is 0 Å². The van der Waals surface area contributed by atoms with E-state index in [0.717, 1.165) is 24.3 Å². The number of nitrogens with zero attached hydrogens (tertiary/aromatic N) is 1. The van der Waals surface area contributed by atoms with Crippen molar-refractivity contribution in [2.24, 2.45) is 5.73 Å².